The summed E-state index contributed by atoms with van der Waals surface area (Å²) in [4.78, 5) is 6.52. The summed E-state index contributed by atoms with van der Waals surface area (Å²) in [6, 6.07) is 6.29. The molecule has 0 spiro atoms. The summed E-state index contributed by atoms with van der Waals surface area (Å²) in [5, 5.41) is 12.2. The lowest BCUT2D eigenvalue weighted by Crippen LogP contribution is -2.24. The van der Waals surface area contributed by atoms with Crippen molar-refractivity contribution >= 4 is 5.82 Å². The molecule has 0 aliphatic heterocycles. The van der Waals surface area contributed by atoms with Gasteiger partial charge in [-0.25, -0.2) is 4.98 Å². The van der Waals surface area contributed by atoms with E-state index in [4.69, 9.17) is 5.26 Å². The van der Waals surface area contributed by atoms with Gasteiger partial charge in [-0.1, -0.05) is 13.0 Å². The molecule has 4 nitrogen and oxygen atoms in total. The normalized spacial score (nSPS) is 12.2. The third-order valence-corrected chi connectivity index (χ3v) is 2.68. The maximum Gasteiger partial charge on any atom is 0.130 e. The van der Waals surface area contributed by atoms with Crippen LogP contribution >= 0.6 is 0 Å². The van der Waals surface area contributed by atoms with E-state index >= 15 is 0 Å². The summed E-state index contributed by atoms with van der Waals surface area (Å²) in [5.41, 5.74) is 1.18. The highest BCUT2D eigenvalue weighted by Gasteiger charge is 2.09. The van der Waals surface area contributed by atoms with Gasteiger partial charge in [0.15, 0.2) is 0 Å². The molecule has 1 atom stereocenters. The number of rotatable bonds is 7. The van der Waals surface area contributed by atoms with Gasteiger partial charge >= 0.3 is 0 Å². The Labute approximate surface area is 110 Å². The largest absolute Gasteiger partial charge is 0.370 e. The van der Waals surface area contributed by atoms with Crippen LogP contribution in [0.3, 0.4) is 0 Å². The van der Waals surface area contributed by atoms with E-state index in [2.05, 4.69) is 34.3 Å². The quantitative estimate of drug-likeness (QED) is 0.803. The van der Waals surface area contributed by atoms with Crippen molar-refractivity contribution < 1.29 is 0 Å². The maximum atomic E-state index is 8.82. The van der Waals surface area contributed by atoms with Crippen LogP contribution in [0.15, 0.2) is 18.3 Å². The highest BCUT2D eigenvalue weighted by Crippen LogP contribution is 2.14. The van der Waals surface area contributed by atoms with Crippen molar-refractivity contribution in [1.82, 2.24) is 9.88 Å². The third-order valence-electron chi connectivity index (χ3n) is 2.68. The number of aromatic nitrogens is 1. The summed E-state index contributed by atoms with van der Waals surface area (Å²) in [5.74, 6) is 1.01. The van der Waals surface area contributed by atoms with E-state index in [1.165, 1.54) is 5.56 Å². The van der Waals surface area contributed by atoms with Crippen LogP contribution in [0.5, 0.6) is 0 Å². The molecule has 0 saturated heterocycles. The predicted octanol–water partition coefficient (Wildman–Crippen LogP) is 2.49. The van der Waals surface area contributed by atoms with Gasteiger partial charge in [-0.05, 0) is 26.5 Å². The van der Waals surface area contributed by atoms with Gasteiger partial charge in [0.2, 0.25) is 0 Å². The number of nitriles is 1. The Morgan fingerprint density at radius 2 is 2.33 bits per heavy atom. The molecule has 1 aromatic rings. The van der Waals surface area contributed by atoms with Crippen molar-refractivity contribution in [1.29, 1.82) is 5.26 Å². The fraction of sp³-hybridized carbons (Fsp3) is 0.571. The van der Waals surface area contributed by atoms with Crippen molar-refractivity contribution in [3.8, 4) is 6.07 Å². The molecule has 1 unspecified atom stereocenters. The van der Waals surface area contributed by atoms with E-state index in [1.807, 2.05) is 20.0 Å². The lowest BCUT2D eigenvalue weighted by molar-refractivity contribution is 0.303. The average molecular weight is 246 g/mol. The molecule has 0 aliphatic rings. The van der Waals surface area contributed by atoms with Crippen LogP contribution < -0.4 is 5.32 Å². The topological polar surface area (TPSA) is 52.0 Å². The molecule has 0 aliphatic carbocycles. The average Bonchev–Trinajstić information content (AvgIpc) is 2.37. The maximum absolute atomic E-state index is 8.82. The van der Waals surface area contributed by atoms with Crippen molar-refractivity contribution in [2.75, 3.05) is 25.5 Å². The zero-order valence-electron chi connectivity index (χ0n) is 11.5. The van der Waals surface area contributed by atoms with E-state index in [0.29, 0.717) is 0 Å². The summed E-state index contributed by atoms with van der Waals surface area (Å²) in [6.45, 7) is 6.60. The van der Waals surface area contributed by atoms with Gasteiger partial charge in [-0.15, -0.1) is 0 Å². The third kappa shape index (κ3) is 4.72. The van der Waals surface area contributed by atoms with Crippen molar-refractivity contribution in [2.24, 2.45) is 5.92 Å². The van der Waals surface area contributed by atoms with Crippen LogP contribution in [0, 0.1) is 17.2 Å². The second-order valence-corrected chi connectivity index (χ2v) is 4.66. The first-order chi connectivity index (χ1) is 8.67. The lowest BCUT2D eigenvalue weighted by atomic mass is 10.2. The zero-order chi connectivity index (χ0) is 13.4. The predicted molar refractivity (Wildman–Crippen MR) is 74.1 cm³/mol. The summed E-state index contributed by atoms with van der Waals surface area (Å²) in [6.07, 6.45) is 2.89. The molecule has 0 amide bonds. The van der Waals surface area contributed by atoms with Gasteiger partial charge in [0.05, 0.1) is 12.0 Å². The molecule has 1 rings (SSSR count). The highest BCUT2D eigenvalue weighted by molar-refractivity contribution is 5.43. The van der Waals surface area contributed by atoms with Gasteiger partial charge < -0.3 is 10.2 Å². The first kappa shape index (κ1) is 14.5. The molecular formula is C14H22N4. The standard InChI is InChI=1S/C14H22N4/c1-4-7-16-14-13(6-5-8-17-14)11-18(3)10-12(2)9-15/h5-6,8,12H,4,7,10-11H2,1-3H3,(H,16,17). The van der Waals surface area contributed by atoms with Crippen LogP contribution in [-0.4, -0.2) is 30.0 Å². The monoisotopic (exact) mass is 246 g/mol. The Hall–Kier alpha value is -1.60. The van der Waals surface area contributed by atoms with Crippen LogP contribution in [-0.2, 0) is 6.54 Å². The van der Waals surface area contributed by atoms with Crippen molar-refractivity contribution in [2.45, 2.75) is 26.8 Å². The minimum Gasteiger partial charge on any atom is -0.370 e. The molecular weight excluding hydrogens is 224 g/mol. The van der Waals surface area contributed by atoms with E-state index in [-0.39, 0.29) is 5.92 Å². The number of anilines is 1. The van der Waals surface area contributed by atoms with E-state index in [0.717, 1.165) is 31.9 Å². The number of hydrogen-bond acceptors (Lipinski definition) is 4. The molecule has 0 saturated carbocycles. The molecule has 1 N–H and O–H groups in total. The fourth-order valence-corrected chi connectivity index (χ4v) is 1.83. The van der Waals surface area contributed by atoms with E-state index < -0.39 is 0 Å². The number of hydrogen-bond donors (Lipinski definition) is 1. The van der Waals surface area contributed by atoms with Gasteiger partial charge in [0, 0.05) is 31.4 Å². The smallest absolute Gasteiger partial charge is 0.130 e. The van der Waals surface area contributed by atoms with Crippen LogP contribution in [0.4, 0.5) is 5.82 Å². The van der Waals surface area contributed by atoms with E-state index in [1.54, 1.807) is 6.20 Å². The Morgan fingerprint density at radius 1 is 1.56 bits per heavy atom. The Balaban J connectivity index is 2.63. The summed E-state index contributed by atoms with van der Waals surface area (Å²) < 4.78 is 0. The second kappa shape index (κ2) is 7.67. The van der Waals surface area contributed by atoms with E-state index in [9.17, 15) is 0 Å². The fourth-order valence-electron chi connectivity index (χ4n) is 1.83. The number of nitrogens with one attached hydrogen (secondary N) is 1. The minimum atomic E-state index is 0.0544. The van der Waals surface area contributed by atoms with Crippen LogP contribution in [0.2, 0.25) is 0 Å². The molecule has 0 fully saturated rings. The van der Waals surface area contributed by atoms with Gasteiger partial charge in [-0.2, -0.15) is 5.26 Å². The molecule has 0 radical (unpaired) electrons. The van der Waals surface area contributed by atoms with Crippen LogP contribution in [0.1, 0.15) is 25.8 Å². The summed E-state index contributed by atoms with van der Waals surface area (Å²) in [7, 11) is 2.03. The zero-order valence-corrected chi connectivity index (χ0v) is 11.5. The Bertz CT molecular complexity index is 397. The Morgan fingerprint density at radius 3 is 3.00 bits per heavy atom. The first-order valence-electron chi connectivity index (χ1n) is 6.43. The van der Waals surface area contributed by atoms with Crippen LogP contribution in [0.25, 0.3) is 0 Å². The van der Waals surface area contributed by atoms with Gasteiger partial charge in [0.1, 0.15) is 5.82 Å². The molecule has 1 aromatic heterocycles. The Kier molecular flexibility index (Phi) is 6.16. The minimum absolute atomic E-state index is 0.0544. The molecule has 1 heterocycles. The molecule has 0 bridgehead atoms. The van der Waals surface area contributed by atoms with Crippen molar-refractivity contribution in [3.05, 3.63) is 23.9 Å². The summed E-state index contributed by atoms with van der Waals surface area (Å²) >= 11 is 0. The van der Waals surface area contributed by atoms with Gasteiger partial charge in [0.25, 0.3) is 0 Å². The van der Waals surface area contributed by atoms with Gasteiger partial charge in [-0.3, -0.25) is 0 Å². The van der Waals surface area contributed by atoms with Crippen molar-refractivity contribution in [3.63, 3.8) is 0 Å². The lowest BCUT2D eigenvalue weighted by Gasteiger charge is -2.19. The second-order valence-electron chi connectivity index (χ2n) is 4.66. The first-order valence-corrected chi connectivity index (χ1v) is 6.43. The molecule has 0 aromatic carbocycles. The molecule has 18 heavy (non-hydrogen) atoms. The molecule has 4 heteroatoms. The highest BCUT2D eigenvalue weighted by atomic mass is 15.1. The SMILES string of the molecule is CCCNc1ncccc1CN(C)CC(C)C#N. The number of nitrogens with zero attached hydrogens (tertiary/aromatic N) is 3. The molecule has 98 valence electrons. The number of pyridine rings is 1.